The van der Waals surface area contributed by atoms with Crippen LogP contribution in [0.3, 0.4) is 0 Å². The predicted molar refractivity (Wildman–Crippen MR) is 138 cm³/mol. The summed E-state index contributed by atoms with van der Waals surface area (Å²) in [5, 5.41) is 0. The van der Waals surface area contributed by atoms with E-state index in [0.29, 0.717) is 12.1 Å². The Bertz CT molecular complexity index is 1480. The SMILES string of the molecule is Cc1ccc(S(=O)(=O)OC[C@@H]2c3ccccc3C(=O)N(Cc3ccccc3)[C@H]2c2cccn2C)cc1. The molecule has 0 fully saturated rings. The minimum atomic E-state index is -3.98. The number of aromatic nitrogens is 1. The van der Waals surface area contributed by atoms with Gasteiger partial charge >= 0.3 is 0 Å². The van der Waals surface area contributed by atoms with Crippen molar-refractivity contribution < 1.29 is 17.4 Å². The van der Waals surface area contributed by atoms with Gasteiger partial charge in [0.1, 0.15) is 0 Å². The summed E-state index contributed by atoms with van der Waals surface area (Å²) < 4.78 is 33.8. The molecule has 0 saturated carbocycles. The fraction of sp³-hybridized carbons (Fsp3) is 0.207. The van der Waals surface area contributed by atoms with E-state index in [1.165, 1.54) is 0 Å². The van der Waals surface area contributed by atoms with E-state index in [-0.39, 0.29) is 17.4 Å². The average molecular weight is 501 g/mol. The Labute approximate surface area is 211 Å². The number of hydrogen-bond acceptors (Lipinski definition) is 4. The quantitative estimate of drug-likeness (QED) is 0.326. The van der Waals surface area contributed by atoms with Gasteiger partial charge in [-0.1, -0.05) is 66.2 Å². The number of nitrogens with zero attached hydrogens (tertiary/aromatic N) is 2. The molecule has 1 aliphatic rings. The molecule has 0 saturated heterocycles. The highest BCUT2D eigenvalue weighted by molar-refractivity contribution is 7.86. The van der Waals surface area contributed by atoms with Crippen molar-refractivity contribution in [1.82, 2.24) is 9.47 Å². The number of benzene rings is 3. The van der Waals surface area contributed by atoms with Gasteiger partial charge in [-0.25, -0.2) is 0 Å². The Morgan fingerprint density at radius 3 is 2.25 bits per heavy atom. The molecule has 0 radical (unpaired) electrons. The van der Waals surface area contributed by atoms with Gasteiger partial charge in [0.25, 0.3) is 16.0 Å². The van der Waals surface area contributed by atoms with Gasteiger partial charge in [-0.05, 0) is 48.4 Å². The van der Waals surface area contributed by atoms with Gasteiger partial charge in [0.15, 0.2) is 0 Å². The molecular formula is C29H28N2O4S. The Morgan fingerprint density at radius 1 is 0.861 bits per heavy atom. The van der Waals surface area contributed by atoms with E-state index in [2.05, 4.69) is 0 Å². The van der Waals surface area contributed by atoms with Crippen molar-refractivity contribution in [1.29, 1.82) is 0 Å². The van der Waals surface area contributed by atoms with Crippen molar-refractivity contribution in [3.63, 3.8) is 0 Å². The maximum atomic E-state index is 13.8. The van der Waals surface area contributed by atoms with Gasteiger partial charge in [0.05, 0.1) is 17.5 Å². The molecule has 0 bridgehead atoms. The van der Waals surface area contributed by atoms with Crippen molar-refractivity contribution >= 4 is 16.0 Å². The van der Waals surface area contributed by atoms with E-state index in [4.69, 9.17) is 4.18 Å². The first kappa shape index (κ1) is 24.0. The summed E-state index contributed by atoms with van der Waals surface area (Å²) in [6.45, 7) is 2.20. The van der Waals surface area contributed by atoms with Crippen molar-refractivity contribution in [2.24, 2.45) is 7.05 Å². The second-order valence-electron chi connectivity index (χ2n) is 9.15. The highest BCUT2D eigenvalue weighted by atomic mass is 32.2. The summed E-state index contributed by atoms with van der Waals surface area (Å²) in [4.78, 5) is 15.7. The monoisotopic (exact) mass is 500 g/mol. The fourth-order valence-electron chi connectivity index (χ4n) is 4.90. The second-order valence-corrected chi connectivity index (χ2v) is 10.8. The third kappa shape index (κ3) is 4.59. The summed E-state index contributed by atoms with van der Waals surface area (Å²) >= 11 is 0. The van der Waals surface area contributed by atoms with Gasteiger partial charge < -0.3 is 9.47 Å². The van der Waals surface area contributed by atoms with Crippen molar-refractivity contribution in [2.75, 3.05) is 6.61 Å². The third-order valence-corrected chi connectivity index (χ3v) is 8.06. The van der Waals surface area contributed by atoms with Crippen LogP contribution in [0.15, 0.2) is 102 Å². The van der Waals surface area contributed by atoms with E-state index in [9.17, 15) is 13.2 Å². The molecule has 1 amide bonds. The van der Waals surface area contributed by atoms with Gasteiger partial charge in [-0.15, -0.1) is 0 Å². The Morgan fingerprint density at radius 2 is 1.56 bits per heavy atom. The van der Waals surface area contributed by atoms with Crippen LogP contribution in [0, 0.1) is 6.92 Å². The molecule has 2 atom stereocenters. The molecule has 1 aliphatic heterocycles. The average Bonchev–Trinajstić information content (AvgIpc) is 3.31. The summed E-state index contributed by atoms with van der Waals surface area (Å²) in [5.74, 6) is -0.477. The smallest absolute Gasteiger partial charge is 0.296 e. The predicted octanol–water partition coefficient (Wildman–Crippen LogP) is 5.22. The molecule has 2 heterocycles. The minimum Gasteiger partial charge on any atom is -0.353 e. The topological polar surface area (TPSA) is 68.6 Å². The first-order valence-corrected chi connectivity index (χ1v) is 13.3. The molecule has 0 N–H and O–H groups in total. The molecular weight excluding hydrogens is 472 g/mol. The van der Waals surface area contributed by atoms with Crippen molar-refractivity contribution in [2.45, 2.75) is 30.3 Å². The van der Waals surface area contributed by atoms with E-state index in [1.54, 1.807) is 30.3 Å². The lowest BCUT2D eigenvalue weighted by Crippen LogP contribution is -2.44. The number of aryl methyl sites for hydroxylation is 2. The largest absolute Gasteiger partial charge is 0.353 e. The zero-order valence-corrected chi connectivity index (χ0v) is 21.1. The minimum absolute atomic E-state index is 0.0849. The molecule has 0 unspecified atom stereocenters. The Hall–Kier alpha value is -3.68. The number of fused-ring (bicyclic) bond motifs is 1. The lowest BCUT2D eigenvalue weighted by molar-refractivity contribution is 0.0543. The van der Waals surface area contributed by atoms with E-state index in [1.807, 2.05) is 90.3 Å². The summed E-state index contributed by atoms with van der Waals surface area (Å²) in [7, 11) is -2.05. The van der Waals surface area contributed by atoms with E-state index in [0.717, 1.165) is 22.4 Å². The van der Waals surface area contributed by atoms with Crippen molar-refractivity contribution in [3.05, 3.63) is 125 Å². The van der Waals surface area contributed by atoms with Crippen LogP contribution >= 0.6 is 0 Å². The Balaban J connectivity index is 1.57. The third-order valence-electron chi connectivity index (χ3n) is 6.76. The van der Waals surface area contributed by atoms with E-state index < -0.39 is 22.1 Å². The maximum Gasteiger partial charge on any atom is 0.296 e. The van der Waals surface area contributed by atoms with Crippen molar-refractivity contribution in [3.8, 4) is 0 Å². The number of hydrogen-bond donors (Lipinski definition) is 0. The molecule has 36 heavy (non-hydrogen) atoms. The van der Waals surface area contributed by atoms with Crippen LogP contribution in [-0.2, 0) is 27.9 Å². The number of amides is 1. The highest BCUT2D eigenvalue weighted by Crippen LogP contribution is 2.44. The van der Waals surface area contributed by atoms with Gasteiger partial charge in [-0.3, -0.25) is 8.98 Å². The lowest BCUT2D eigenvalue weighted by atomic mass is 9.81. The highest BCUT2D eigenvalue weighted by Gasteiger charge is 2.42. The first-order chi connectivity index (χ1) is 17.3. The Kier molecular flexibility index (Phi) is 6.51. The van der Waals surface area contributed by atoms with Gasteiger partial charge in [-0.2, -0.15) is 8.42 Å². The molecule has 184 valence electrons. The summed E-state index contributed by atoms with van der Waals surface area (Å²) in [6, 6.07) is 27.3. The van der Waals surface area contributed by atoms with Gasteiger partial charge in [0.2, 0.25) is 0 Å². The van der Waals surface area contributed by atoms with E-state index >= 15 is 0 Å². The lowest BCUT2D eigenvalue weighted by Gasteiger charge is -2.42. The molecule has 4 aromatic rings. The standard InChI is InChI=1S/C29H28N2O4S/c1-21-14-16-23(17-15-21)36(33,34)35-20-26-24-11-6-7-12-25(24)29(32)31(19-22-9-4-3-5-10-22)28(26)27-13-8-18-30(27)2/h3-18,26,28H,19-20H2,1-2H3/t26-,28-/m1/s1. The van der Waals surface area contributed by atoms with Crippen LogP contribution in [-0.4, -0.2) is 30.4 Å². The van der Waals surface area contributed by atoms with Crippen LogP contribution in [0.5, 0.6) is 0 Å². The zero-order chi connectivity index (χ0) is 25.3. The summed E-state index contributed by atoms with van der Waals surface area (Å²) in [6.07, 6.45) is 1.93. The molecule has 3 aromatic carbocycles. The zero-order valence-electron chi connectivity index (χ0n) is 20.2. The fourth-order valence-corrected chi connectivity index (χ4v) is 5.83. The second kappa shape index (κ2) is 9.76. The van der Waals surface area contributed by atoms with Gasteiger partial charge in [0, 0.05) is 37.0 Å². The number of rotatable bonds is 7. The van der Waals surface area contributed by atoms with Crippen LogP contribution in [0.25, 0.3) is 0 Å². The normalized spacial score (nSPS) is 17.7. The first-order valence-electron chi connectivity index (χ1n) is 11.9. The molecule has 5 rings (SSSR count). The maximum absolute atomic E-state index is 13.8. The van der Waals surface area contributed by atoms with Crippen LogP contribution < -0.4 is 0 Å². The molecule has 7 heteroatoms. The molecule has 6 nitrogen and oxygen atoms in total. The van der Waals surface area contributed by atoms with Crippen LogP contribution in [0.1, 0.15) is 44.7 Å². The number of carbonyl (C=O) groups is 1. The molecule has 1 aromatic heterocycles. The summed E-state index contributed by atoms with van der Waals surface area (Å²) in [5.41, 5.74) is 4.23. The number of carbonyl (C=O) groups excluding carboxylic acids is 1. The van der Waals surface area contributed by atoms with Crippen LogP contribution in [0.2, 0.25) is 0 Å². The van der Waals surface area contributed by atoms with Crippen LogP contribution in [0.4, 0.5) is 0 Å². The molecule has 0 spiro atoms. The molecule has 0 aliphatic carbocycles.